The molecule has 6 heteroatoms. The molecule has 1 fully saturated rings. The van der Waals surface area contributed by atoms with Crippen molar-refractivity contribution < 1.29 is 43.8 Å². The summed E-state index contributed by atoms with van der Waals surface area (Å²) in [5.74, 6) is -0.274. The van der Waals surface area contributed by atoms with Gasteiger partial charge in [-0.25, -0.2) is 0 Å². The predicted octanol–water partition coefficient (Wildman–Crippen LogP) is -2.45. The molecular weight excluding hydrogens is 212 g/mol. The van der Waals surface area contributed by atoms with Crippen LogP contribution in [0.5, 0.6) is 0 Å². The summed E-state index contributed by atoms with van der Waals surface area (Å²) in [6.45, 7) is 4.81. The number of ether oxygens (including phenoxy) is 1. The van der Waals surface area contributed by atoms with Crippen molar-refractivity contribution in [3.63, 3.8) is 0 Å². The van der Waals surface area contributed by atoms with Crippen molar-refractivity contribution in [3.8, 4) is 0 Å². The minimum absolute atomic E-state index is 0. The standard InChI is InChI=1S/C8H16NO3P.Na/c1-2-3-8(13(10)11)9-4-6-12-7-5-9;/h8H,2-7H2,1H3;/q;+1. The Balaban J connectivity index is 0.00000169. The van der Waals surface area contributed by atoms with Gasteiger partial charge in [0.1, 0.15) is 0 Å². The molecule has 2 atom stereocenters. The maximum atomic E-state index is 10.9. The van der Waals surface area contributed by atoms with Gasteiger partial charge in [0.25, 0.3) is 0 Å². The summed E-state index contributed by atoms with van der Waals surface area (Å²) in [5.41, 5.74) is 0. The zero-order valence-electron chi connectivity index (χ0n) is 8.94. The third-order valence-electron chi connectivity index (χ3n) is 2.26. The van der Waals surface area contributed by atoms with Crippen molar-refractivity contribution in [2.75, 3.05) is 26.3 Å². The van der Waals surface area contributed by atoms with Crippen molar-refractivity contribution in [2.24, 2.45) is 0 Å². The molecule has 1 rings (SSSR count). The van der Waals surface area contributed by atoms with Crippen LogP contribution < -0.4 is 34.5 Å². The number of nitrogens with zero attached hydrogens (tertiary/aromatic N) is 1. The maximum Gasteiger partial charge on any atom is 1.00 e. The van der Waals surface area contributed by atoms with Crippen molar-refractivity contribution in [3.05, 3.63) is 0 Å². The van der Waals surface area contributed by atoms with E-state index >= 15 is 0 Å². The first-order chi connectivity index (χ1) is 6.25. The molecule has 1 heterocycles. The molecule has 0 aliphatic carbocycles. The molecule has 0 radical (unpaired) electrons. The van der Waals surface area contributed by atoms with E-state index in [0.29, 0.717) is 13.2 Å². The minimum atomic E-state index is -2.32. The van der Waals surface area contributed by atoms with Crippen LogP contribution in [0, 0.1) is 0 Å². The van der Waals surface area contributed by atoms with Gasteiger partial charge in [-0.15, -0.1) is 0 Å². The largest absolute Gasteiger partial charge is 1.00 e. The van der Waals surface area contributed by atoms with E-state index in [2.05, 4.69) is 0 Å². The zero-order valence-corrected chi connectivity index (χ0v) is 11.8. The molecule has 1 aliphatic heterocycles. The van der Waals surface area contributed by atoms with E-state index < -0.39 is 8.03 Å². The number of rotatable bonds is 4. The fraction of sp³-hybridized carbons (Fsp3) is 1.00. The fourth-order valence-electron chi connectivity index (χ4n) is 1.56. The second-order valence-corrected chi connectivity index (χ2v) is 4.37. The molecule has 0 amide bonds. The summed E-state index contributed by atoms with van der Waals surface area (Å²) in [4.78, 5) is 12.9. The smallest absolute Gasteiger partial charge is 0.594 e. The Bertz CT molecular complexity index is 176. The normalized spacial score (nSPS) is 21.1. The Kier molecular flexibility index (Phi) is 8.74. The summed E-state index contributed by atoms with van der Waals surface area (Å²) in [5, 5.41) is 0. The summed E-state index contributed by atoms with van der Waals surface area (Å²) < 4.78 is 16.1. The molecule has 0 spiro atoms. The Morgan fingerprint density at radius 3 is 2.50 bits per heavy atom. The van der Waals surface area contributed by atoms with E-state index in [9.17, 15) is 9.46 Å². The van der Waals surface area contributed by atoms with Gasteiger partial charge >= 0.3 is 37.6 Å². The summed E-state index contributed by atoms with van der Waals surface area (Å²) in [6, 6.07) is 0. The topological polar surface area (TPSA) is 52.6 Å². The molecule has 4 nitrogen and oxygen atoms in total. The third-order valence-corrected chi connectivity index (χ3v) is 3.33. The van der Waals surface area contributed by atoms with Crippen molar-refractivity contribution >= 4 is 8.03 Å². The minimum Gasteiger partial charge on any atom is -0.594 e. The maximum absolute atomic E-state index is 10.9. The molecule has 0 bridgehead atoms. The van der Waals surface area contributed by atoms with E-state index in [1.54, 1.807) is 0 Å². The molecule has 1 saturated heterocycles. The summed E-state index contributed by atoms with van der Waals surface area (Å²) in [7, 11) is -2.32. The van der Waals surface area contributed by atoms with Gasteiger partial charge in [-0.2, -0.15) is 0 Å². The van der Waals surface area contributed by atoms with Gasteiger partial charge in [0.15, 0.2) is 0 Å². The van der Waals surface area contributed by atoms with Gasteiger partial charge in [-0.05, 0) is 0 Å². The van der Waals surface area contributed by atoms with Gasteiger partial charge < -0.3 is 9.63 Å². The van der Waals surface area contributed by atoms with Crippen LogP contribution in [-0.4, -0.2) is 37.0 Å². The van der Waals surface area contributed by atoms with Crippen LogP contribution in [0.4, 0.5) is 0 Å². The average Bonchev–Trinajstić information content (AvgIpc) is 2.15. The molecule has 76 valence electrons. The van der Waals surface area contributed by atoms with E-state index in [0.717, 1.165) is 25.9 Å². The average molecular weight is 228 g/mol. The van der Waals surface area contributed by atoms with Crippen LogP contribution in [0.25, 0.3) is 0 Å². The van der Waals surface area contributed by atoms with E-state index in [1.807, 2.05) is 11.8 Å². The second kappa shape index (κ2) is 8.17. The second-order valence-electron chi connectivity index (χ2n) is 3.20. The molecule has 0 aromatic heterocycles. The summed E-state index contributed by atoms with van der Waals surface area (Å²) in [6.07, 6.45) is 1.64. The van der Waals surface area contributed by atoms with Gasteiger partial charge in [-0.3, -0.25) is 4.90 Å². The van der Waals surface area contributed by atoms with Crippen molar-refractivity contribution in [2.45, 2.75) is 25.5 Å². The van der Waals surface area contributed by atoms with Gasteiger partial charge in [-0.1, -0.05) is 17.9 Å². The van der Waals surface area contributed by atoms with E-state index in [4.69, 9.17) is 4.74 Å². The molecule has 0 saturated carbocycles. The molecule has 1 aliphatic rings. The SMILES string of the molecule is CCCC(N1CCOCC1)[P+](=O)[O-].[Na+]. The Hall–Kier alpha value is 0.980. The Labute approximate surface area is 108 Å². The quantitative estimate of drug-likeness (QED) is 0.396. The predicted molar refractivity (Wildman–Crippen MR) is 48.7 cm³/mol. The van der Waals surface area contributed by atoms with Crippen molar-refractivity contribution in [1.29, 1.82) is 0 Å². The number of hydrogen-bond acceptors (Lipinski definition) is 4. The van der Waals surface area contributed by atoms with Crippen LogP contribution in [-0.2, 0) is 9.30 Å². The van der Waals surface area contributed by atoms with Crippen LogP contribution in [0.15, 0.2) is 0 Å². The fourth-order valence-corrected chi connectivity index (χ4v) is 2.52. The van der Waals surface area contributed by atoms with Crippen LogP contribution >= 0.6 is 8.03 Å². The number of hydrogen-bond donors (Lipinski definition) is 0. The van der Waals surface area contributed by atoms with Crippen LogP contribution in [0.3, 0.4) is 0 Å². The first kappa shape index (κ1) is 15.0. The molecule has 14 heavy (non-hydrogen) atoms. The third kappa shape index (κ3) is 4.67. The van der Waals surface area contributed by atoms with Gasteiger partial charge in [0.2, 0.25) is 5.78 Å². The Morgan fingerprint density at radius 1 is 1.50 bits per heavy atom. The van der Waals surface area contributed by atoms with Crippen molar-refractivity contribution in [1.82, 2.24) is 4.90 Å². The molecule has 0 aromatic carbocycles. The summed E-state index contributed by atoms with van der Waals surface area (Å²) >= 11 is 0. The van der Waals surface area contributed by atoms with Gasteiger partial charge in [0.05, 0.1) is 13.2 Å². The van der Waals surface area contributed by atoms with Crippen LogP contribution in [0.1, 0.15) is 19.8 Å². The van der Waals surface area contributed by atoms with Gasteiger partial charge in [0, 0.05) is 19.5 Å². The molecule has 0 N–H and O–H groups in total. The monoisotopic (exact) mass is 228 g/mol. The van der Waals surface area contributed by atoms with Crippen LogP contribution in [0.2, 0.25) is 0 Å². The first-order valence-corrected chi connectivity index (χ1v) is 5.95. The van der Waals surface area contributed by atoms with E-state index in [1.165, 1.54) is 0 Å². The number of morpholine rings is 1. The zero-order chi connectivity index (χ0) is 9.68. The molecule has 2 unspecified atom stereocenters. The van der Waals surface area contributed by atoms with E-state index in [-0.39, 0.29) is 35.3 Å². The Morgan fingerprint density at radius 2 is 2.07 bits per heavy atom. The first-order valence-electron chi connectivity index (χ1n) is 4.71. The molecular formula is C8H16NNaO3P+. The molecule has 0 aromatic rings.